The van der Waals surface area contributed by atoms with Crippen LogP contribution in [0.3, 0.4) is 0 Å². The summed E-state index contributed by atoms with van der Waals surface area (Å²) < 4.78 is 26.8. The van der Waals surface area contributed by atoms with Crippen LogP contribution in [0.1, 0.15) is 36.8 Å². The molecule has 2 rings (SSSR count). The van der Waals surface area contributed by atoms with Gasteiger partial charge in [0, 0.05) is 7.05 Å². The van der Waals surface area contributed by atoms with E-state index in [0.29, 0.717) is 4.47 Å². The maximum atomic E-state index is 14.0. The van der Waals surface area contributed by atoms with Crippen molar-refractivity contribution in [1.82, 2.24) is 9.78 Å². The van der Waals surface area contributed by atoms with Crippen molar-refractivity contribution in [2.24, 2.45) is 7.05 Å². The molecule has 0 amide bonds. The van der Waals surface area contributed by atoms with Gasteiger partial charge in [0.25, 0.3) is 11.7 Å². The number of hydrogen-bond donors (Lipinski definition) is 0. The van der Waals surface area contributed by atoms with E-state index < -0.39 is 28.7 Å². The van der Waals surface area contributed by atoms with Crippen LogP contribution >= 0.6 is 15.9 Å². The molecule has 0 bridgehead atoms. The normalized spacial score (nSPS) is 11.3. The third-order valence-electron chi connectivity index (χ3n) is 3.21. The van der Waals surface area contributed by atoms with Gasteiger partial charge >= 0.3 is 5.97 Å². The molecule has 1 heterocycles. The van der Waals surface area contributed by atoms with Crippen LogP contribution < -0.4 is 4.74 Å². The van der Waals surface area contributed by atoms with Gasteiger partial charge in [0.05, 0.1) is 11.3 Å². The summed E-state index contributed by atoms with van der Waals surface area (Å²) in [4.78, 5) is 24.1. The van der Waals surface area contributed by atoms with Crippen molar-refractivity contribution in [3.8, 4) is 11.6 Å². The van der Waals surface area contributed by atoms with E-state index in [1.165, 1.54) is 6.07 Å². The number of nitrogens with zero attached hydrogens (tertiary/aromatic N) is 2. The molecule has 0 saturated heterocycles. The number of hydrogen-bond acceptors (Lipinski definition) is 5. The first-order valence-electron chi connectivity index (χ1n) is 7.44. The standard InChI is InChI=1S/C17H18BrFN2O4/c1-9-13(18)15(20-21(9)5)24-10-6-7-12(19)11(8-10)14(22)16(23)25-17(2,3)4/h6-8H,1-5H3. The second-order valence-electron chi connectivity index (χ2n) is 6.40. The van der Waals surface area contributed by atoms with Gasteiger partial charge in [-0.15, -0.1) is 5.10 Å². The lowest BCUT2D eigenvalue weighted by atomic mass is 10.1. The van der Waals surface area contributed by atoms with Gasteiger partial charge in [0.2, 0.25) is 0 Å². The number of aromatic nitrogens is 2. The molecule has 0 radical (unpaired) electrons. The number of Topliss-reactive ketones (excluding diaryl/α,β-unsaturated/α-hetero) is 1. The smallest absolute Gasteiger partial charge is 0.380 e. The quantitative estimate of drug-likeness (QED) is 0.431. The largest absolute Gasteiger partial charge is 0.454 e. The Balaban J connectivity index is 2.29. The molecular weight excluding hydrogens is 395 g/mol. The number of aryl methyl sites for hydroxylation is 1. The third-order valence-corrected chi connectivity index (χ3v) is 4.13. The Morgan fingerprint density at radius 2 is 1.92 bits per heavy atom. The van der Waals surface area contributed by atoms with Crippen LogP contribution in [-0.4, -0.2) is 27.1 Å². The van der Waals surface area contributed by atoms with Crippen LogP contribution in [0.5, 0.6) is 11.6 Å². The number of rotatable bonds is 4. The fraction of sp³-hybridized carbons (Fsp3) is 0.353. The zero-order valence-electron chi connectivity index (χ0n) is 14.5. The van der Waals surface area contributed by atoms with Crippen molar-refractivity contribution in [2.75, 3.05) is 0 Å². The van der Waals surface area contributed by atoms with Crippen molar-refractivity contribution >= 4 is 27.7 Å². The van der Waals surface area contributed by atoms with Gasteiger partial charge in [-0.3, -0.25) is 9.48 Å². The molecule has 0 aliphatic rings. The maximum Gasteiger partial charge on any atom is 0.380 e. The molecule has 0 unspecified atom stereocenters. The van der Waals surface area contributed by atoms with Gasteiger partial charge in [-0.1, -0.05) is 0 Å². The number of benzene rings is 1. The van der Waals surface area contributed by atoms with Crippen LogP contribution in [0, 0.1) is 12.7 Å². The minimum absolute atomic E-state index is 0.173. The van der Waals surface area contributed by atoms with Gasteiger partial charge in [-0.25, -0.2) is 9.18 Å². The predicted molar refractivity (Wildman–Crippen MR) is 92.3 cm³/mol. The van der Waals surface area contributed by atoms with Gasteiger partial charge in [0.1, 0.15) is 21.6 Å². The average molecular weight is 413 g/mol. The van der Waals surface area contributed by atoms with E-state index in [4.69, 9.17) is 9.47 Å². The first-order chi connectivity index (χ1) is 11.5. The molecule has 0 spiro atoms. The lowest BCUT2D eigenvalue weighted by Crippen LogP contribution is -2.29. The molecule has 0 aliphatic carbocycles. The minimum atomic E-state index is -1.13. The number of esters is 1. The first-order valence-corrected chi connectivity index (χ1v) is 8.23. The van der Waals surface area contributed by atoms with E-state index in [1.54, 1.807) is 32.5 Å². The third kappa shape index (κ3) is 4.45. The van der Waals surface area contributed by atoms with Gasteiger partial charge < -0.3 is 9.47 Å². The Bertz CT molecular complexity index is 840. The summed E-state index contributed by atoms with van der Waals surface area (Å²) in [6.45, 7) is 6.70. The number of ether oxygens (including phenoxy) is 2. The highest BCUT2D eigenvalue weighted by Crippen LogP contribution is 2.31. The molecule has 134 valence electrons. The lowest BCUT2D eigenvalue weighted by molar-refractivity contribution is -0.148. The van der Waals surface area contributed by atoms with Gasteiger partial charge in [0.15, 0.2) is 0 Å². The monoisotopic (exact) mass is 412 g/mol. The maximum absolute atomic E-state index is 14.0. The van der Waals surface area contributed by atoms with Crippen molar-refractivity contribution in [1.29, 1.82) is 0 Å². The zero-order valence-corrected chi connectivity index (χ0v) is 16.1. The van der Waals surface area contributed by atoms with Crippen LogP contribution in [0.2, 0.25) is 0 Å². The van der Waals surface area contributed by atoms with Crippen molar-refractivity contribution in [3.05, 3.63) is 39.7 Å². The van der Waals surface area contributed by atoms with Crippen LogP contribution in [0.15, 0.2) is 22.7 Å². The van der Waals surface area contributed by atoms with E-state index >= 15 is 0 Å². The Hall–Kier alpha value is -2.22. The van der Waals surface area contributed by atoms with E-state index in [9.17, 15) is 14.0 Å². The molecule has 2 aromatic rings. The van der Waals surface area contributed by atoms with Crippen molar-refractivity contribution < 1.29 is 23.5 Å². The predicted octanol–water partition coefficient (Wildman–Crippen LogP) is 3.95. The molecular formula is C17H18BrFN2O4. The average Bonchev–Trinajstić information content (AvgIpc) is 2.74. The lowest BCUT2D eigenvalue weighted by Gasteiger charge is -2.18. The molecule has 0 atom stereocenters. The van der Waals surface area contributed by atoms with Crippen LogP contribution in [0.25, 0.3) is 0 Å². The molecule has 25 heavy (non-hydrogen) atoms. The highest BCUT2D eigenvalue weighted by Gasteiger charge is 2.27. The molecule has 6 nitrogen and oxygen atoms in total. The van der Waals surface area contributed by atoms with Crippen molar-refractivity contribution in [3.63, 3.8) is 0 Å². The van der Waals surface area contributed by atoms with E-state index in [1.807, 2.05) is 6.92 Å². The van der Waals surface area contributed by atoms with Gasteiger partial charge in [-0.2, -0.15) is 0 Å². The zero-order chi connectivity index (χ0) is 18.9. The summed E-state index contributed by atoms with van der Waals surface area (Å²) in [6.07, 6.45) is 0. The second kappa shape index (κ2) is 6.95. The van der Waals surface area contributed by atoms with E-state index in [2.05, 4.69) is 21.0 Å². The molecule has 1 aromatic heterocycles. The SMILES string of the molecule is Cc1c(Br)c(Oc2ccc(F)c(C(=O)C(=O)OC(C)(C)C)c2)nn1C. The van der Waals surface area contributed by atoms with Crippen LogP contribution in [-0.2, 0) is 16.6 Å². The molecule has 0 fully saturated rings. The molecule has 8 heteroatoms. The Morgan fingerprint density at radius 1 is 1.28 bits per heavy atom. The van der Waals surface area contributed by atoms with E-state index in [0.717, 1.165) is 17.8 Å². The fourth-order valence-electron chi connectivity index (χ4n) is 1.91. The molecule has 0 aliphatic heterocycles. The first kappa shape index (κ1) is 19.1. The Labute approximate surface area is 153 Å². The summed E-state index contributed by atoms with van der Waals surface area (Å²) in [5.74, 6) is -2.60. The Kier molecular flexibility index (Phi) is 5.31. The summed E-state index contributed by atoms with van der Waals surface area (Å²) in [6, 6.07) is 3.55. The summed E-state index contributed by atoms with van der Waals surface area (Å²) >= 11 is 3.35. The summed E-state index contributed by atoms with van der Waals surface area (Å²) in [5, 5.41) is 4.16. The van der Waals surface area contributed by atoms with Crippen LogP contribution in [0.4, 0.5) is 4.39 Å². The second-order valence-corrected chi connectivity index (χ2v) is 7.20. The fourth-order valence-corrected chi connectivity index (χ4v) is 2.32. The van der Waals surface area contributed by atoms with Gasteiger partial charge in [-0.05, 0) is 61.8 Å². The number of halogens is 2. The molecule has 1 aromatic carbocycles. The summed E-state index contributed by atoms with van der Waals surface area (Å²) in [7, 11) is 1.75. The topological polar surface area (TPSA) is 70.4 Å². The number of carbonyl (C=O) groups excluding carboxylic acids is 2. The number of carbonyl (C=O) groups is 2. The number of ketones is 1. The molecule has 0 N–H and O–H groups in total. The summed E-state index contributed by atoms with van der Waals surface area (Å²) in [5.41, 5.74) is -0.439. The highest BCUT2D eigenvalue weighted by molar-refractivity contribution is 9.10. The minimum Gasteiger partial charge on any atom is -0.454 e. The highest BCUT2D eigenvalue weighted by atomic mass is 79.9. The molecule has 0 saturated carbocycles. The van der Waals surface area contributed by atoms with E-state index in [-0.39, 0.29) is 11.6 Å². The Morgan fingerprint density at radius 3 is 2.44 bits per heavy atom. The van der Waals surface area contributed by atoms with Crippen molar-refractivity contribution in [2.45, 2.75) is 33.3 Å².